The van der Waals surface area contributed by atoms with Gasteiger partial charge in [0, 0.05) is 30.8 Å². The summed E-state index contributed by atoms with van der Waals surface area (Å²) in [5, 5.41) is 0. The molecule has 35 heavy (non-hydrogen) atoms. The second-order valence-corrected chi connectivity index (χ2v) is 9.73. The summed E-state index contributed by atoms with van der Waals surface area (Å²) in [4.78, 5) is 9.07. The monoisotopic (exact) mass is 488 g/mol. The zero-order chi connectivity index (χ0) is 25.1. The first-order valence-corrected chi connectivity index (χ1v) is 13.9. The highest BCUT2D eigenvalue weighted by molar-refractivity contribution is 5.55. The number of aromatic nitrogens is 2. The van der Waals surface area contributed by atoms with Crippen molar-refractivity contribution in [3.8, 4) is 17.1 Å². The normalized spacial score (nSPS) is 13.0. The molecule has 1 aromatic carbocycles. The van der Waals surface area contributed by atoms with E-state index in [-0.39, 0.29) is 19.4 Å². The van der Waals surface area contributed by atoms with Crippen molar-refractivity contribution < 1.29 is 13.5 Å². The van der Waals surface area contributed by atoms with Gasteiger partial charge in [-0.3, -0.25) is 0 Å². The van der Waals surface area contributed by atoms with Crippen molar-refractivity contribution in [2.24, 2.45) is 0 Å². The Balaban J connectivity index is 1.62. The lowest BCUT2D eigenvalue weighted by Crippen LogP contribution is -2.13. The molecule has 0 aliphatic rings. The minimum absolute atomic E-state index is 0.0390. The van der Waals surface area contributed by atoms with Crippen LogP contribution in [0, 0.1) is 0 Å². The molecule has 2 unspecified atom stereocenters. The molecule has 0 aliphatic heterocycles. The first kappa shape index (κ1) is 29.2. The topological polar surface area (TPSA) is 35.0 Å². The van der Waals surface area contributed by atoms with Gasteiger partial charge < -0.3 is 4.74 Å². The van der Waals surface area contributed by atoms with Crippen LogP contribution in [0.2, 0.25) is 0 Å². The fraction of sp³-hybridized carbons (Fsp3) is 0.667. The minimum atomic E-state index is -1.16. The van der Waals surface area contributed by atoms with Gasteiger partial charge in [0.1, 0.15) is 18.1 Å². The molecular weight excluding hydrogens is 442 g/mol. The highest BCUT2D eigenvalue weighted by Crippen LogP contribution is 2.21. The summed E-state index contributed by atoms with van der Waals surface area (Å²) in [5.41, 5.74) is 2.11. The fourth-order valence-electron chi connectivity index (χ4n) is 4.28. The standard InChI is InChI=1S/C30H46F2N2O/c1-3-5-6-7-8-9-10-11-12-13-15-25-23-33-30(34-24-25)26-16-18-29(19-17-26)35-21-20-28(32)22-27(31)14-4-2/h16-19,23-24,27-28H,3-15,20-22H2,1-2H3. The predicted octanol–water partition coefficient (Wildman–Crippen LogP) is 9.24. The molecule has 0 N–H and O–H groups in total. The second-order valence-electron chi connectivity index (χ2n) is 9.73. The van der Waals surface area contributed by atoms with Gasteiger partial charge >= 0.3 is 0 Å². The van der Waals surface area contributed by atoms with Crippen molar-refractivity contribution in [2.45, 2.75) is 123 Å². The largest absolute Gasteiger partial charge is 0.493 e. The maximum Gasteiger partial charge on any atom is 0.159 e. The van der Waals surface area contributed by atoms with Crippen LogP contribution in [0.15, 0.2) is 36.7 Å². The van der Waals surface area contributed by atoms with Gasteiger partial charge in [-0.1, -0.05) is 78.1 Å². The van der Waals surface area contributed by atoms with Crippen LogP contribution >= 0.6 is 0 Å². The van der Waals surface area contributed by atoms with Crippen molar-refractivity contribution in [3.05, 3.63) is 42.2 Å². The van der Waals surface area contributed by atoms with Crippen molar-refractivity contribution in [1.82, 2.24) is 9.97 Å². The van der Waals surface area contributed by atoms with Gasteiger partial charge in [0.25, 0.3) is 0 Å². The number of aryl methyl sites for hydroxylation is 1. The Bertz CT molecular complexity index is 767. The maximum absolute atomic E-state index is 13.9. The highest BCUT2D eigenvalue weighted by Gasteiger charge is 2.14. The van der Waals surface area contributed by atoms with E-state index in [1.54, 1.807) is 0 Å². The molecule has 0 saturated heterocycles. The Morgan fingerprint density at radius 3 is 1.89 bits per heavy atom. The van der Waals surface area contributed by atoms with E-state index in [1.807, 2.05) is 43.6 Å². The Hall–Kier alpha value is -2.04. The number of rotatable bonds is 20. The zero-order valence-corrected chi connectivity index (χ0v) is 22.0. The molecule has 5 heteroatoms. The third-order valence-electron chi connectivity index (χ3n) is 6.45. The maximum atomic E-state index is 13.9. The van der Waals surface area contributed by atoms with E-state index >= 15 is 0 Å². The van der Waals surface area contributed by atoms with E-state index < -0.39 is 12.3 Å². The molecule has 196 valence electrons. The summed E-state index contributed by atoms with van der Waals surface area (Å²) in [6.07, 6.45) is 17.4. The third kappa shape index (κ3) is 13.0. The summed E-state index contributed by atoms with van der Waals surface area (Å²) in [6.45, 7) is 4.41. The van der Waals surface area contributed by atoms with Crippen LogP contribution in [0.4, 0.5) is 8.78 Å². The molecule has 0 aliphatic carbocycles. The molecule has 2 aromatic rings. The van der Waals surface area contributed by atoms with Crippen LogP contribution in [-0.2, 0) is 6.42 Å². The SMILES string of the molecule is CCCCCCCCCCCCc1cnc(-c2ccc(OCCC(F)CC(F)CCC)cc2)nc1. The number of hydrogen-bond acceptors (Lipinski definition) is 3. The fourth-order valence-corrected chi connectivity index (χ4v) is 4.28. The van der Waals surface area contributed by atoms with Crippen molar-refractivity contribution in [1.29, 1.82) is 0 Å². The molecule has 0 amide bonds. The van der Waals surface area contributed by atoms with Crippen LogP contribution in [0.25, 0.3) is 11.4 Å². The summed E-state index contributed by atoms with van der Waals surface area (Å²) >= 11 is 0. The Morgan fingerprint density at radius 2 is 1.29 bits per heavy atom. The van der Waals surface area contributed by atoms with Crippen molar-refractivity contribution in [2.75, 3.05) is 6.61 Å². The number of nitrogens with zero attached hydrogens (tertiary/aromatic N) is 2. The molecule has 2 rings (SSSR count). The first-order valence-electron chi connectivity index (χ1n) is 13.9. The minimum Gasteiger partial charge on any atom is -0.493 e. The van der Waals surface area contributed by atoms with Crippen LogP contribution in [0.5, 0.6) is 5.75 Å². The number of unbranched alkanes of at least 4 members (excludes halogenated alkanes) is 9. The van der Waals surface area contributed by atoms with E-state index in [1.165, 1.54) is 69.8 Å². The van der Waals surface area contributed by atoms with Gasteiger partial charge in [-0.2, -0.15) is 0 Å². The van der Waals surface area contributed by atoms with E-state index in [9.17, 15) is 8.78 Å². The first-order chi connectivity index (χ1) is 17.1. The van der Waals surface area contributed by atoms with Gasteiger partial charge in [-0.25, -0.2) is 18.7 Å². The zero-order valence-electron chi connectivity index (χ0n) is 22.0. The summed E-state index contributed by atoms with van der Waals surface area (Å²) in [7, 11) is 0. The van der Waals surface area contributed by atoms with Crippen LogP contribution < -0.4 is 4.74 Å². The summed E-state index contributed by atoms with van der Waals surface area (Å²) < 4.78 is 33.0. The number of hydrogen-bond donors (Lipinski definition) is 0. The number of benzene rings is 1. The molecular formula is C30H46F2N2O. The Morgan fingerprint density at radius 1 is 0.714 bits per heavy atom. The Kier molecular flexibility index (Phi) is 15.2. The molecule has 2 atom stereocenters. The second kappa shape index (κ2) is 18.3. The number of halogens is 2. The van der Waals surface area contributed by atoms with Crippen molar-refractivity contribution in [3.63, 3.8) is 0 Å². The van der Waals surface area contributed by atoms with Crippen LogP contribution in [-0.4, -0.2) is 28.9 Å². The van der Waals surface area contributed by atoms with E-state index in [0.717, 1.165) is 18.4 Å². The van der Waals surface area contributed by atoms with Gasteiger partial charge in [0.2, 0.25) is 0 Å². The third-order valence-corrected chi connectivity index (χ3v) is 6.45. The van der Waals surface area contributed by atoms with Crippen molar-refractivity contribution >= 4 is 0 Å². The summed E-state index contributed by atoms with van der Waals surface area (Å²) in [6, 6.07) is 7.52. The molecule has 0 fully saturated rings. The molecule has 0 saturated carbocycles. The van der Waals surface area contributed by atoms with Gasteiger partial charge in [0.15, 0.2) is 5.82 Å². The van der Waals surface area contributed by atoms with E-state index in [2.05, 4.69) is 16.9 Å². The lowest BCUT2D eigenvalue weighted by atomic mass is 10.0. The Labute approximate surface area is 212 Å². The molecule has 3 nitrogen and oxygen atoms in total. The van der Waals surface area contributed by atoms with E-state index in [0.29, 0.717) is 18.0 Å². The number of alkyl halides is 2. The van der Waals surface area contributed by atoms with Gasteiger partial charge in [0.05, 0.1) is 6.61 Å². The smallest absolute Gasteiger partial charge is 0.159 e. The summed E-state index contributed by atoms with van der Waals surface area (Å²) in [5.74, 6) is 1.36. The predicted molar refractivity (Wildman–Crippen MR) is 142 cm³/mol. The van der Waals surface area contributed by atoms with Gasteiger partial charge in [-0.05, 0) is 49.1 Å². The lowest BCUT2D eigenvalue weighted by molar-refractivity contribution is 0.176. The quantitative estimate of drug-likeness (QED) is 0.174. The lowest BCUT2D eigenvalue weighted by Gasteiger charge is -2.12. The van der Waals surface area contributed by atoms with Crippen LogP contribution in [0.3, 0.4) is 0 Å². The van der Waals surface area contributed by atoms with E-state index in [4.69, 9.17) is 4.74 Å². The van der Waals surface area contributed by atoms with Gasteiger partial charge in [-0.15, -0.1) is 0 Å². The number of ether oxygens (including phenoxy) is 1. The highest BCUT2D eigenvalue weighted by atomic mass is 19.1. The average molecular weight is 489 g/mol. The molecule has 0 bridgehead atoms. The van der Waals surface area contributed by atoms with Crippen LogP contribution in [0.1, 0.15) is 109 Å². The molecule has 0 spiro atoms. The molecule has 1 heterocycles. The average Bonchev–Trinajstić information content (AvgIpc) is 2.86. The molecule has 1 aromatic heterocycles. The molecule has 0 radical (unpaired) electrons.